The minimum atomic E-state index is -0.819. The van der Waals surface area contributed by atoms with Gasteiger partial charge in [-0.25, -0.2) is 4.98 Å². The second-order valence-electron chi connectivity index (χ2n) is 6.76. The van der Waals surface area contributed by atoms with Gasteiger partial charge in [0.15, 0.2) is 6.04 Å². The summed E-state index contributed by atoms with van der Waals surface area (Å²) in [6.07, 6.45) is 1.69. The Hall–Kier alpha value is -1.40. The van der Waals surface area contributed by atoms with Crippen molar-refractivity contribution < 1.29 is 9.90 Å². The molecule has 0 radical (unpaired) electrons. The van der Waals surface area contributed by atoms with Crippen molar-refractivity contribution in [1.29, 1.82) is 0 Å². The zero-order valence-corrected chi connectivity index (χ0v) is 13.6. The van der Waals surface area contributed by atoms with Crippen LogP contribution in [0.2, 0.25) is 0 Å². The molecule has 0 aliphatic carbocycles. The number of hydrogen-bond donors (Lipinski definition) is 1. The molecule has 1 saturated heterocycles. The molecule has 1 unspecified atom stereocenters. The van der Waals surface area contributed by atoms with E-state index < -0.39 is 12.0 Å². The van der Waals surface area contributed by atoms with E-state index in [4.69, 9.17) is 0 Å². The first-order valence-electron chi connectivity index (χ1n) is 7.41. The van der Waals surface area contributed by atoms with E-state index in [0.29, 0.717) is 5.69 Å². The largest absolute Gasteiger partial charge is 0.480 e. The van der Waals surface area contributed by atoms with Gasteiger partial charge < -0.3 is 9.67 Å². The standard InChI is InChI=1S/C15H26N4O2/c1-11-12(16-10-17(11)5)13(14(20)21)18-6-8-19(9-7-18)15(2,3)4/h10,13H,6-9H2,1-5H3,(H,20,21). The minimum Gasteiger partial charge on any atom is -0.480 e. The number of rotatable bonds is 3. The van der Waals surface area contributed by atoms with Gasteiger partial charge >= 0.3 is 5.97 Å². The van der Waals surface area contributed by atoms with Crippen molar-refractivity contribution in [3.63, 3.8) is 0 Å². The highest BCUT2D eigenvalue weighted by atomic mass is 16.4. The Morgan fingerprint density at radius 2 is 1.86 bits per heavy atom. The van der Waals surface area contributed by atoms with Crippen LogP contribution in [0.15, 0.2) is 6.33 Å². The van der Waals surface area contributed by atoms with Gasteiger partial charge in [-0.05, 0) is 27.7 Å². The summed E-state index contributed by atoms with van der Waals surface area (Å²) in [6.45, 7) is 11.8. The van der Waals surface area contributed by atoms with Crippen molar-refractivity contribution >= 4 is 5.97 Å². The lowest BCUT2D eigenvalue weighted by molar-refractivity contribution is -0.144. The molecule has 1 fully saturated rings. The number of aromatic nitrogens is 2. The number of carboxylic acids is 1. The van der Waals surface area contributed by atoms with Gasteiger partial charge in [-0.2, -0.15) is 0 Å². The highest BCUT2D eigenvalue weighted by Crippen LogP contribution is 2.25. The molecule has 2 heterocycles. The number of nitrogens with zero attached hydrogens (tertiary/aromatic N) is 4. The van der Waals surface area contributed by atoms with Gasteiger partial charge in [0.1, 0.15) is 0 Å². The maximum Gasteiger partial charge on any atom is 0.327 e. The lowest BCUT2D eigenvalue weighted by atomic mass is 10.0. The van der Waals surface area contributed by atoms with E-state index in [1.165, 1.54) is 0 Å². The molecule has 0 bridgehead atoms. The SMILES string of the molecule is Cc1c(C(C(=O)O)N2CCN(C(C)(C)C)CC2)ncn1C. The Labute approximate surface area is 126 Å². The number of carbonyl (C=O) groups is 1. The molecule has 0 aromatic carbocycles. The first-order valence-corrected chi connectivity index (χ1v) is 7.41. The number of hydrogen-bond acceptors (Lipinski definition) is 4. The van der Waals surface area contributed by atoms with Crippen molar-refractivity contribution in [2.24, 2.45) is 7.05 Å². The van der Waals surface area contributed by atoms with Crippen LogP contribution in [-0.2, 0) is 11.8 Å². The van der Waals surface area contributed by atoms with Crippen LogP contribution in [0.4, 0.5) is 0 Å². The van der Waals surface area contributed by atoms with Crippen LogP contribution in [0.3, 0.4) is 0 Å². The third-order valence-corrected chi connectivity index (χ3v) is 4.39. The molecule has 6 nitrogen and oxygen atoms in total. The summed E-state index contributed by atoms with van der Waals surface area (Å²) in [5.74, 6) is -0.819. The van der Waals surface area contributed by atoms with E-state index in [9.17, 15) is 9.90 Å². The smallest absolute Gasteiger partial charge is 0.327 e. The monoisotopic (exact) mass is 294 g/mol. The summed E-state index contributed by atoms with van der Waals surface area (Å²) in [4.78, 5) is 20.5. The van der Waals surface area contributed by atoms with E-state index >= 15 is 0 Å². The summed E-state index contributed by atoms with van der Waals surface area (Å²) in [7, 11) is 1.89. The average Bonchev–Trinajstić information content (AvgIpc) is 2.71. The van der Waals surface area contributed by atoms with E-state index in [-0.39, 0.29) is 5.54 Å². The third-order valence-electron chi connectivity index (χ3n) is 4.39. The van der Waals surface area contributed by atoms with Crippen LogP contribution in [0, 0.1) is 6.92 Å². The van der Waals surface area contributed by atoms with Gasteiger partial charge in [-0.3, -0.25) is 14.6 Å². The highest BCUT2D eigenvalue weighted by Gasteiger charge is 2.35. The molecule has 1 atom stereocenters. The van der Waals surface area contributed by atoms with Crippen LogP contribution >= 0.6 is 0 Å². The van der Waals surface area contributed by atoms with Crippen LogP contribution < -0.4 is 0 Å². The first kappa shape index (κ1) is 16.0. The molecule has 118 valence electrons. The molecule has 1 aromatic rings. The molecule has 0 saturated carbocycles. The first-order chi connectivity index (χ1) is 9.71. The summed E-state index contributed by atoms with van der Waals surface area (Å²) >= 11 is 0. The molecule has 1 aliphatic heterocycles. The van der Waals surface area contributed by atoms with E-state index in [2.05, 4.69) is 30.7 Å². The van der Waals surface area contributed by atoms with E-state index in [0.717, 1.165) is 31.9 Å². The van der Waals surface area contributed by atoms with Crippen LogP contribution in [0.25, 0.3) is 0 Å². The van der Waals surface area contributed by atoms with Gasteiger partial charge in [-0.15, -0.1) is 0 Å². The fourth-order valence-electron chi connectivity index (χ4n) is 2.87. The lowest BCUT2D eigenvalue weighted by Gasteiger charge is -2.43. The van der Waals surface area contributed by atoms with Crippen molar-refractivity contribution in [3.05, 3.63) is 17.7 Å². The quantitative estimate of drug-likeness (QED) is 0.909. The molecule has 1 N–H and O–H groups in total. The topological polar surface area (TPSA) is 61.6 Å². The number of imidazole rings is 1. The Morgan fingerprint density at radius 3 is 2.24 bits per heavy atom. The zero-order chi connectivity index (χ0) is 15.8. The predicted octanol–water partition coefficient (Wildman–Crippen LogP) is 1.27. The molecular formula is C15H26N4O2. The summed E-state index contributed by atoms with van der Waals surface area (Å²) in [5, 5.41) is 9.63. The highest BCUT2D eigenvalue weighted by molar-refractivity contribution is 5.75. The van der Waals surface area contributed by atoms with Crippen molar-refractivity contribution in [2.45, 2.75) is 39.3 Å². The Morgan fingerprint density at radius 1 is 1.29 bits per heavy atom. The minimum absolute atomic E-state index is 0.131. The fraction of sp³-hybridized carbons (Fsp3) is 0.733. The van der Waals surface area contributed by atoms with Crippen LogP contribution in [0.1, 0.15) is 38.2 Å². The van der Waals surface area contributed by atoms with Crippen molar-refractivity contribution in [1.82, 2.24) is 19.4 Å². The number of aliphatic carboxylic acids is 1. The number of aryl methyl sites for hydroxylation is 1. The second kappa shape index (κ2) is 5.77. The molecule has 1 aliphatic rings. The number of piperazine rings is 1. The Balaban J connectivity index is 2.15. The zero-order valence-electron chi connectivity index (χ0n) is 13.6. The van der Waals surface area contributed by atoms with Gasteiger partial charge in [0.2, 0.25) is 0 Å². The van der Waals surface area contributed by atoms with Gasteiger partial charge in [-0.1, -0.05) is 0 Å². The molecule has 1 aromatic heterocycles. The van der Waals surface area contributed by atoms with Crippen LogP contribution in [-0.4, -0.2) is 62.1 Å². The maximum absolute atomic E-state index is 11.7. The summed E-state index contributed by atoms with van der Waals surface area (Å²) in [5.41, 5.74) is 1.71. The van der Waals surface area contributed by atoms with E-state index in [1.54, 1.807) is 6.33 Å². The summed E-state index contributed by atoms with van der Waals surface area (Å²) < 4.78 is 1.87. The van der Waals surface area contributed by atoms with Crippen molar-refractivity contribution in [3.8, 4) is 0 Å². The number of carboxylic acid groups (broad SMARTS) is 1. The molecule has 0 amide bonds. The third kappa shape index (κ3) is 3.27. The predicted molar refractivity (Wildman–Crippen MR) is 81.2 cm³/mol. The molecule has 0 spiro atoms. The molecular weight excluding hydrogens is 268 g/mol. The Kier molecular flexibility index (Phi) is 4.39. The molecule has 6 heteroatoms. The lowest BCUT2D eigenvalue weighted by Crippen LogP contribution is -2.54. The maximum atomic E-state index is 11.7. The summed E-state index contributed by atoms with van der Waals surface area (Å²) in [6, 6.07) is -0.645. The second-order valence-corrected chi connectivity index (χ2v) is 6.76. The van der Waals surface area contributed by atoms with Gasteiger partial charge in [0, 0.05) is 44.5 Å². The molecule has 2 rings (SSSR count). The fourth-order valence-corrected chi connectivity index (χ4v) is 2.87. The van der Waals surface area contributed by atoms with E-state index in [1.807, 2.05) is 23.4 Å². The van der Waals surface area contributed by atoms with Gasteiger partial charge in [0.05, 0.1) is 12.0 Å². The Bertz CT molecular complexity index is 510. The van der Waals surface area contributed by atoms with Crippen molar-refractivity contribution in [2.75, 3.05) is 26.2 Å². The molecule has 21 heavy (non-hydrogen) atoms. The average molecular weight is 294 g/mol. The van der Waals surface area contributed by atoms with Gasteiger partial charge in [0.25, 0.3) is 0 Å². The normalized spacial score (nSPS) is 19.7. The van der Waals surface area contributed by atoms with Crippen LogP contribution in [0.5, 0.6) is 0 Å².